The Labute approximate surface area is 247 Å². The first-order chi connectivity index (χ1) is 20.2. The Kier molecular flexibility index (Phi) is 8.04. The van der Waals surface area contributed by atoms with Crippen molar-refractivity contribution in [2.24, 2.45) is 5.73 Å². The standard InChI is InChI=1S/C32H29ClN6O3/c1-3-22(28-16-38-29-11-18(30(34)35)4-8-25(28)29)23-7-5-19(31(40)39-15-21-14-36-17(2)13-37-21)10-26(23)24-9-6-20(33)12-27(24)32(41)42/h4-14,16,22,38H,3,15H2,1-2H3,(H3,34,35)(H,39,40)(H,41,42). The normalized spacial score (nSPS) is 11.8. The second-order valence-electron chi connectivity index (χ2n) is 10.0. The summed E-state index contributed by atoms with van der Waals surface area (Å²) in [6.45, 7) is 4.09. The first-order valence-electron chi connectivity index (χ1n) is 13.3. The predicted molar refractivity (Wildman–Crippen MR) is 163 cm³/mol. The summed E-state index contributed by atoms with van der Waals surface area (Å²) in [7, 11) is 0. The zero-order valence-electron chi connectivity index (χ0n) is 23.0. The lowest BCUT2D eigenvalue weighted by Crippen LogP contribution is -2.23. The molecule has 6 N–H and O–H groups in total. The van der Waals surface area contributed by atoms with Crippen molar-refractivity contribution in [3.8, 4) is 11.1 Å². The Balaban J connectivity index is 1.61. The van der Waals surface area contributed by atoms with Crippen LogP contribution in [0.15, 0.2) is 73.2 Å². The number of amidine groups is 1. The maximum atomic E-state index is 13.3. The van der Waals surface area contributed by atoms with Gasteiger partial charge < -0.3 is 21.1 Å². The number of hydrogen-bond donors (Lipinski definition) is 5. The van der Waals surface area contributed by atoms with E-state index in [0.717, 1.165) is 27.7 Å². The van der Waals surface area contributed by atoms with Gasteiger partial charge in [0.05, 0.1) is 29.7 Å². The van der Waals surface area contributed by atoms with Gasteiger partial charge in [-0.15, -0.1) is 0 Å². The van der Waals surface area contributed by atoms with Crippen LogP contribution in [-0.2, 0) is 6.54 Å². The second-order valence-corrected chi connectivity index (χ2v) is 10.4. The van der Waals surface area contributed by atoms with Crippen LogP contribution in [-0.4, -0.2) is 37.8 Å². The quantitative estimate of drug-likeness (QED) is 0.106. The zero-order chi connectivity index (χ0) is 30.0. The van der Waals surface area contributed by atoms with Crippen LogP contribution in [0.3, 0.4) is 0 Å². The fourth-order valence-electron chi connectivity index (χ4n) is 5.16. The number of rotatable bonds is 9. The number of nitrogen functional groups attached to an aromatic ring is 1. The molecule has 0 aliphatic rings. The highest BCUT2D eigenvalue weighted by molar-refractivity contribution is 6.31. The Morgan fingerprint density at radius 2 is 1.81 bits per heavy atom. The maximum absolute atomic E-state index is 13.3. The van der Waals surface area contributed by atoms with Crippen molar-refractivity contribution in [1.82, 2.24) is 20.3 Å². The molecule has 1 unspecified atom stereocenters. The molecule has 9 nitrogen and oxygen atoms in total. The summed E-state index contributed by atoms with van der Waals surface area (Å²) in [6.07, 6.45) is 5.88. The average molecular weight is 581 g/mol. The first kappa shape index (κ1) is 28.5. The van der Waals surface area contributed by atoms with E-state index in [9.17, 15) is 14.7 Å². The molecule has 212 valence electrons. The number of H-pyrrole nitrogens is 1. The monoisotopic (exact) mass is 580 g/mol. The van der Waals surface area contributed by atoms with Crippen molar-refractivity contribution in [1.29, 1.82) is 5.41 Å². The molecule has 0 aliphatic heterocycles. The van der Waals surface area contributed by atoms with Gasteiger partial charge in [-0.25, -0.2) is 4.79 Å². The smallest absolute Gasteiger partial charge is 0.336 e. The maximum Gasteiger partial charge on any atom is 0.336 e. The number of carboxylic acid groups (broad SMARTS) is 1. The molecule has 2 heterocycles. The van der Waals surface area contributed by atoms with Gasteiger partial charge >= 0.3 is 5.97 Å². The topological polar surface area (TPSA) is 158 Å². The molecule has 0 radical (unpaired) electrons. The number of aromatic carboxylic acids is 1. The van der Waals surface area contributed by atoms with Crippen molar-refractivity contribution >= 4 is 40.2 Å². The number of amides is 1. The van der Waals surface area contributed by atoms with Gasteiger partial charge in [0.25, 0.3) is 5.91 Å². The number of hydrogen-bond acceptors (Lipinski definition) is 5. The molecule has 2 aromatic heterocycles. The van der Waals surface area contributed by atoms with Gasteiger partial charge in [0.1, 0.15) is 5.84 Å². The van der Waals surface area contributed by atoms with E-state index in [1.54, 1.807) is 36.7 Å². The molecule has 0 saturated carbocycles. The van der Waals surface area contributed by atoms with E-state index in [4.69, 9.17) is 22.7 Å². The Morgan fingerprint density at radius 3 is 2.50 bits per heavy atom. The molecule has 5 rings (SSSR count). The summed E-state index contributed by atoms with van der Waals surface area (Å²) in [5.41, 5.74) is 11.9. The molecule has 0 aliphatic carbocycles. The summed E-state index contributed by atoms with van der Waals surface area (Å²) in [5.74, 6) is -1.61. The summed E-state index contributed by atoms with van der Waals surface area (Å²) in [5, 5.41) is 22.0. The minimum absolute atomic E-state index is 0.0189. The molecule has 1 atom stereocenters. The van der Waals surface area contributed by atoms with Crippen molar-refractivity contribution in [2.75, 3.05) is 0 Å². The van der Waals surface area contributed by atoms with E-state index in [-0.39, 0.29) is 29.8 Å². The van der Waals surface area contributed by atoms with Crippen LogP contribution < -0.4 is 11.1 Å². The lowest BCUT2D eigenvalue weighted by molar-refractivity contribution is 0.0697. The third kappa shape index (κ3) is 5.73. The minimum atomic E-state index is -1.12. The zero-order valence-corrected chi connectivity index (χ0v) is 23.8. The number of fused-ring (bicyclic) bond motifs is 1. The average Bonchev–Trinajstić information content (AvgIpc) is 3.40. The number of benzene rings is 3. The number of halogens is 1. The van der Waals surface area contributed by atoms with Crippen LogP contribution in [0.2, 0.25) is 5.02 Å². The Morgan fingerprint density at radius 1 is 1.02 bits per heavy atom. The van der Waals surface area contributed by atoms with Gasteiger partial charge in [-0.3, -0.25) is 20.2 Å². The van der Waals surface area contributed by atoms with Gasteiger partial charge in [-0.1, -0.05) is 42.8 Å². The molecule has 3 aromatic carbocycles. The number of carbonyl (C=O) groups is 2. The third-order valence-electron chi connectivity index (χ3n) is 7.27. The van der Waals surface area contributed by atoms with Gasteiger partial charge in [0, 0.05) is 45.4 Å². The molecular formula is C32H29ClN6O3. The van der Waals surface area contributed by atoms with Crippen LogP contribution >= 0.6 is 11.6 Å². The van der Waals surface area contributed by atoms with E-state index < -0.39 is 5.97 Å². The molecule has 42 heavy (non-hydrogen) atoms. The van der Waals surface area contributed by atoms with Crippen LogP contribution in [0.1, 0.15) is 68.1 Å². The lowest BCUT2D eigenvalue weighted by Gasteiger charge is -2.21. The summed E-state index contributed by atoms with van der Waals surface area (Å²) in [4.78, 5) is 37.4. The summed E-state index contributed by atoms with van der Waals surface area (Å²) < 4.78 is 0. The number of aromatic nitrogens is 3. The lowest BCUT2D eigenvalue weighted by atomic mass is 9.82. The number of carboxylic acids is 1. The number of carbonyl (C=O) groups excluding carboxylic acids is 1. The van der Waals surface area contributed by atoms with Gasteiger partial charge in [-0.2, -0.15) is 0 Å². The number of aromatic amines is 1. The van der Waals surface area contributed by atoms with Crippen LogP contribution in [0.5, 0.6) is 0 Å². The van der Waals surface area contributed by atoms with E-state index >= 15 is 0 Å². The van der Waals surface area contributed by atoms with Crippen molar-refractivity contribution in [2.45, 2.75) is 32.7 Å². The van der Waals surface area contributed by atoms with Crippen LogP contribution in [0.25, 0.3) is 22.0 Å². The van der Waals surface area contributed by atoms with Crippen molar-refractivity contribution < 1.29 is 14.7 Å². The number of nitrogens with zero attached hydrogens (tertiary/aromatic N) is 2. The van der Waals surface area contributed by atoms with Gasteiger partial charge in [0.2, 0.25) is 0 Å². The van der Waals surface area contributed by atoms with E-state index in [0.29, 0.717) is 39.4 Å². The number of nitrogens with two attached hydrogens (primary N) is 1. The van der Waals surface area contributed by atoms with Crippen molar-refractivity contribution in [3.63, 3.8) is 0 Å². The Bertz CT molecular complexity index is 1830. The highest BCUT2D eigenvalue weighted by Gasteiger charge is 2.24. The first-order valence-corrected chi connectivity index (χ1v) is 13.7. The molecule has 10 heteroatoms. The number of nitrogens with one attached hydrogen (secondary N) is 3. The van der Waals surface area contributed by atoms with E-state index in [1.807, 2.05) is 37.4 Å². The third-order valence-corrected chi connectivity index (χ3v) is 7.50. The van der Waals surface area contributed by atoms with Crippen molar-refractivity contribution in [3.05, 3.63) is 117 Å². The fourth-order valence-corrected chi connectivity index (χ4v) is 5.33. The summed E-state index contributed by atoms with van der Waals surface area (Å²) >= 11 is 6.18. The molecule has 5 aromatic rings. The molecule has 0 fully saturated rings. The second kappa shape index (κ2) is 11.8. The van der Waals surface area contributed by atoms with Gasteiger partial charge in [0.15, 0.2) is 0 Å². The molecule has 1 amide bonds. The largest absolute Gasteiger partial charge is 0.478 e. The Hall–Kier alpha value is -5.02. The predicted octanol–water partition coefficient (Wildman–Crippen LogP) is 6.04. The SMILES string of the molecule is CCC(c1ccc(C(=O)NCc2cnc(C)cn2)cc1-c1ccc(Cl)cc1C(=O)O)c1c[nH]c2cc(C(=N)N)ccc12. The van der Waals surface area contributed by atoms with E-state index in [1.165, 1.54) is 6.07 Å². The minimum Gasteiger partial charge on any atom is -0.478 e. The van der Waals surface area contributed by atoms with E-state index in [2.05, 4.69) is 27.2 Å². The molecule has 0 spiro atoms. The highest BCUT2D eigenvalue weighted by atomic mass is 35.5. The summed E-state index contributed by atoms with van der Waals surface area (Å²) in [6, 6.07) is 15.7. The molecule has 0 bridgehead atoms. The van der Waals surface area contributed by atoms with Crippen LogP contribution in [0.4, 0.5) is 0 Å². The van der Waals surface area contributed by atoms with Crippen LogP contribution in [0, 0.1) is 12.3 Å². The highest BCUT2D eigenvalue weighted by Crippen LogP contribution is 2.40. The van der Waals surface area contributed by atoms with Gasteiger partial charge in [-0.05, 0) is 65.9 Å². The fraction of sp³-hybridized carbons (Fsp3) is 0.156. The molecular weight excluding hydrogens is 552 g/mol. The number of aryl methyl sites for hydroxylation is 1. The molecule has 0 saturated heterocycles.